The summed E-state index contributed by atoms with van der Waals surface area (Å²) in [6.07, 6.45) is 5.25. The second kappa shape index (κ2) is 7.38. The highest BCUT2D eigenvalue weighted by Gasteiger charge is 2.16. The highest BCUT2D eigenvalue weighted by atomic mass is 79.9. The fourth-order valence-corrected chi connectivity index (χ4v) is 2.62. The number of rotatable bonds is 5. The summed E-state index contributed by atoms with van der Waals surface area (Å²) in [7, 11) is 0. The van der Waals surface area contributed by atoms with E-state index in [2.05, 4.69) is 21.2 Å². The van der Waals surface area contributed by atoms with E-state index in [-0.39, 0.29) is 24.6 Å². The van der Waals surface area contributed by atoms with Crippen LogP contribution in [0, 0.1) is 0 Å². The molecule has 1 aliphatic rings. The van der Waals surface area contributed by atoms with Gasteiger partial charge in [-0.3, -0.25) is 4.79 Å². The van der Waals surface area contributed by atoms with Crippen LogP contribution in [0.15, 0.2) is 46.0 Å². The maximum atomic E-state index is 12.2. The van der Waals surface area contributed by atoms with E-state index in [1.807, 2.05) is 12.2 Å². The zero-order valence-electron chi connectivity index (χ0n) is 11.8. The predicted molar refractivity (Wildman–Crippen MR) is 85.4 cm³/mol. The van der Waals surface area contributed by atoms with Crippen LogP contribution in [0.5, 0.6) is 0 Å². The number of carbonyl (C=O) groups excluding carboxylic acids is 1. The number of carbonyl (C=O) groups is 2. The molecule has 0 spiro atoms. The van der Waals surface area contributed by atoms with E-state index in [0.717, 1.165) is 17.3 Å². The molecule has 0 aliphatic heterocycles. The Balaban J connectivity index is 2.08. The second-order valence-corrected chi connectivity index (χ2v) is 5.73. The molecule has 0 saturated carbocycles. The molecular weight excluding hydrogens is 350 g/mol. The fourth-order valence-electron chi connectivity index (χ4n) is 2.23. The van der Waals surface area contributed by atoms with Crippen molar-refractivity contribution in [3.8, 4) is 0 Å². The summed E-state index contributed by atoms with van der Waals surface area (Å²) in [5, 5.41) is 21.0. The number of carboxylic acid groups (broad SMARTS) is 1. The molecule has 116 valence electrons. The molecule has 0 fully saturated rings. The summed E-state index contributed by atoms with van der Waals surface area (Å²) in [6, 6.07) is 4.66. The predicted octanol–water partition coefficient (Wildman–Crippen LogP) is 2.40. The van der Waals surface area contributed by atoms with Gasteiger partial charge in [0.05, 0.1) is 12.2 Å². The maximum Gasteiger partial charge on any atom is 0.335 e. The first-order chi connectivity index (χ1) is 10.5. The molecule has 0 atom stereocenters. The first-order valence-corrected chi connectivity index (χ1v) is 7.62. The molecule has 0 heterocycles. The Morgan fingerprint density at radius 1 is 1.23 bits per heavy atom. The van der Waals surface area contributed by atoms with Gasteiger partial charge in [-0.1, -0.05) is 28.1 Å². The van der Waals surface area contributed by atoms with Gasteiger partial charge in [0.2, 0.25) is 0 Å². The number of allylic oxidation sites excluding steroid dienone is 2. The van der Waals surface area contributed by atoms with Crippen molar-refractivity contribution in [2.45, 2.75) is 19.4 Å². The van der Waals surface area contributed by atoms with Crippen molar-refractivity contribution >= 4 is 27.8 Å². The first kappa shape index (κ1) is 16.5. The third kappa shape index (κ3) is 3.84. The third-order valence-corrected chi connectivity index (χ3v) is 4.17. The van der Waals surface area contributed by atoms with Crippen molar-refractivity contribution in [1.82, 2.24) is 5.32 Å². The number of nitrogens with one attached hydrogen (secondary N) is 1. The minimum atomic E-state index is -1.01. The highest BCUT2D eigenvalue weighted by Crippen LogP contribution is 2.21. The Bertz CT molecular complexity index is 664. The smallest absolute Gasteiger partial charge is 0.335 e. The SMILES string of the molecule is O=C(NCc1cc(C(=O)O)ccc1Br)C1=CCCC=C1CO. The number of halogens is 1. The van der Waals surface area contributed by atoms with Gasteiger partial charge in [0.15, 0.2) is 0 Å². The number of hydrogen-bond acceptors (Lipinski definition) is 3. The van der Waals surface area contributed by atoms with E-state index in [1.54, 1.807) is 6.07 Å². The number of benzene rings is 1. The van der Waals surface area contributed by atoms with Gasteiger partial charge < -0.3 is 15.5 Å². The zero-order chi connectivity index (χ0) is 16.1. The molecule has 1 amide bonds. The quantitative estimate of drug-likeness (QED) is 0.747. The lowest BCUT2D eigenvalue weighted by Crippen LogP contribution is -2.27. The molecule has 5 nitrogen and oxygen atoms in total. The molecule has 0 aromatic heterocycles. The van der Waals surface area contributed by atoms with Crippen LogP contribution in [-0.2, 0) is 11.3 Å². The van der Waals surface area contributed by atoms with Crippen molar-refractivity contribution < 1.29 is 19.8 Å². The van der Waals surface area contributed by atoms with Crippen molar-refractivity contribution in [1.29, 1.82) is 0 Å². The van der Waals surface area contributed by atoms with Crippen LogP contribution < -0.4 is 5.32 Å². The standard InChI is InChI=1S/C16H16BrNO4/c17-14-6-5-10(16(21)22)7-12(14)8-18-15(20)13-4-2-1-3-11(13)9-19/h3-7,19H,1-2,8-9H2,(H,18,20)(H,21,22). The summed E-state index contributed by atoms with van der Waals surface area (Å²) in [6.45, 7) is 0.0357. The molecule has 0 unspecified atom stereocenters. The van der Waals surface area contributed by atoms with Crippen LogP contribution in [0.4, 0.5) is 0 Å². The lowest BCUT2D eigenvalue weighted by molar-refractivity contribution is -0.117. The van der Waals surface area contributed by atoms with E-state index in [9.17, 15) is 14.7 Å². The molecule has 6 heteroatoms. The van der Waals surface area contributed by atoms with Gasteiger partial charge in [-0.15, -0.1) is 0 Å². The molecule has 0 radical (unpaired) electrons. The van der Waals surface area contributed by atoms with E-state index >= 15 is 0 Å². The summed E-state index contributed by atoms with van der Waals surface area (Å²) in [5.41, 5.74) is 1.96. The molecule has 22 heavy (non-hydrogen) atoms. The average Bonchev–Trinajstić information content (AvgIpc) is 2.53. The van der Waals surface area contributed by atoms with E-state index < -0.39 is 5.97 Å². The van der Waals surface area contributed by atoms with Gasteiger partial charge in [-0.2, -0.15) is 0 Å². The molecule has 2 rings (SSSR count). The van der Waals surface area contributed by atoms with E-state index in [0.29, 0.717) is 16.7 Å². The van der Waals surface area contributed by atoms with Gasteiger partial charge in [-0.25, -0.2) is 4.79 Å². The molecule has 0 saturated heterocycles. The second-order valence-electron chi connectivity index (χ2n) is 4.88. The Morgan fingerprint density at radius 2 is 1.95 bits per heavy atom. The van der Waals surface area contributed by atoms with Crippen LogP contribution in [0.1, 0.15) is 28.8 Å². The fraction of sp³-hybridized carbons (Fsp3) is 0.250. The molecule has 0 bridgehead atoms. The zero-order valence-corrected chi connectivity index (χ0v) is 13.4. The van der Waals surface area contributed by atoms with Gasteiger partial charge in [0, 0.05) is 16.6 Å². The number of amides is 1. The highest BCUT2D eigenvalue weighted by molar-refractivity contribution is 9.10. The number of carboxylic acids is 1. The van der Waals surface area contributed by atoms with Crippen molar-refractivity contribution in [2.24, 2.45) is 0 Å². The van der Waals surface area contributed by atoms with Crippen molar-refractivity contribution in [2.75, 3.05) is 6.61 Å². The lowest BCUT2D eigenvalue weighted by atomic mass is 9.97. The van der Waals surface area contributed by atoms with Gasteiger partial charge in [0.25, 0.3) is 5.91 Å². The number of aromatic carboxylic acids is 1. The molecular formula is C16H16BrNO4. The normalized spacial score (nSPS) is 14.1. The third-order valence-electron chi connectivity index (χ3n) is 3.40. The van der Waals surface area contributed by atoms with Crippen LogP contribution in [-0.4, -0.2) is 28.7 Å². The molecule has 3 N–H and O–H groups in total. The number of hydrogen-bond donors (Lipinski definition) is 3. The Morgan fingerprint density at radius 3 is 2.64 bits per heavy atom. The largest absolute Gasteiger partial charge is 0.478 e. The molecule has 1 aromatic rings. The summed E-state index contributed by atoms with van der Waals surface area (Å²) in [4.78, 5) is 23.2. The Hall–Kier alpha value is -1.92. The van der Waals surface area contributed by atoms with Crippen LogP contribution in [0.2, 0.25) is 0 Å². The minimum Gasteiger partial charge on any atom is -0.478 e. The summed E-state index contributed by atoms with van der Waals surface area (Å²) >= 11 is 3.34. The van der Waals surface area contributed by atoms with E-state index in [1.165, 1.54) is 12.1 Å². The Kier molecular flexibility index (Phi) is 5.51. The van der Waals surface area contributed by atoms with Gasteiger partial charge in [-0.05, 0) is 42.2 Å². The summed E-state index contributed by atoms with van der Waals surface area (Å²) < 4.78 is 0.730. The molecule has 1 aromatic carbocycles. The van der Waals surface area contributed by atoms with Crippen molar-refractivity contribution in [3.05, 3.63) is 57.1 Å². The maximum absolute atomic E-state index is 12.2. The van der Waals surface area contributed by atoms with Gasteiger partial charge in [0.1, 0.15) is 0 Å². The molecule has 1 aliphatic carbocycles. The topological polar surface area (TPSA) is 86.6 Å². The minimum absolute atomic E-state index is 0.167. The van der Waals surface area contributed by atoms with Crippen LogP contribution in [0.25, 0.3) is 0 Å². The van der Waals surface area contributed by atoms with Crippen LogP contribution >= 0.6 is 15.9 Å². The lowest BCUT2D eigenvalue weighted by Gasteiger charge is -2.15. The summed E-state index contributed by atoms with van der Waals surface area (Å²) in [5.74, 6) is -1.28. The van der Waals surface area contributed by atoms with Crippen molar-refractivity contribution in [3.63, 3.8) is 0 Å². The Labute approximate surface area is 136 Å². The van der Waals surface area contributed by atoms with Gasteiger partial charge >= 0.3 is 5.97 Å². The number of aliphatic hydroxyl groups is 1. The number of aliphatic hydroxyl groups excluding tert-OH is 1. The first-order valence-electron chi connectivity index (χ1n) is 6.83. The average molecular weight is 366 g/mol. The monoisotopic (exact) mass is 365 g/mol. The van der Waals surface area contributed by atoms with E-state index in [4.69, 9.17) is 5.11 Å². The van der Waals surface area contributed by atoms with Crippen LogP contribution in [0.3, 0.4) is 0 Å².